The van der Waals surface area contributed by atoms with Crippen molar-refractivity contribution in [2.24, 2.45) is 0 Å². The number of aromatic nitrogens is 3. The molecule has 2 fully saturated rings. The van der Waals surface area contributed by atoms with E-state index in [1.807, 2.05) is 0 Å². The topological polar surface area (TPSA) is 121 Å². The van der Waals surface area contributed by atoms with Crippen molar-refractivity contribution in [3.8, 4) is 0 Å². The highest BCUT2D eigenvalue weighted by Gasteiger charge is 2.39. The lowest BCUT2D eigenvalue weighted by molar-refractivity contribution is -0.149. The normalized spacial score (nSPS) is 23.9. The van der Waals surface area contributed by atoms with Crippen LogP contribution in [0.1, 0.15) is 36.5 Å². The van der Waals surface area contributed by atoms with Gasteiger partial charge >= 0.3 is 0 Å². The van der Waals surface area contributed by atoms with Crippen molar-refractivity contribution in [1.29, 1.82) is 0 Å². The van der Waals surface area contributed by atoms with Crippen molar-refractivity contribution in [2.75, 3.05) is 59.2 Å². The van der Waals surface area contributed by atoms with Gasteiger partial charge in [-0.15, -0.1) is 5.10 Å². The van der Waals surface area contributed by atoms with E-state index in [4.69, 9.17) is 10.5 Å². The number of anilines is 1. The van der Waals surface area contributed by atoms with E-state index in [2.05, 4.69) is 32.1 Å². The van der Waals surface area contributed by atoms with Gasteiger partial charge in [-0.2, -0.15) is 0 Å². The molecule has 2 aliphatic heterocycles. The van der Waals surface area contributed by atoms with Gasteiger partial charge < -0.3 is 25.6 Å². The number of nitrogens with one attached hydrogen (secondary N) is 1. The first-order valence-electron chi connectivity index (χ1n) is 12.2. The number of unbranched alkanes of at least 4 members (excludes halogenated alkanes) is 1. The predicted octanol–water partition coefficient (Wildman–Crippen LogP) is 0.212. The van der Waals surface area contributed by atoms with E-state index >= 15 is 0 Å². The molecule has 0 saturated carbocycles. The monoisotopic (exact) mass is 490 g/mol. The summed E-state index contributed by atoms with van der Waals surface area (Å²) in [5, 5.41) is 7.21. The highest BCUT2D eigenvalue weighted by molar-refractivity contribution is 6.04. The minimum Gasteiger partial charge on any atom is -0.381 e. The van der Waals surface area contributed by atoms with Gasteiger partial charge in [-0.25, -0.2) is 13.9 Å². The highest BCUT2D eigenvalue weighted by Crippen LogP contribution is 2.23. The third kappa shape index (κ3) is 5.54. The summed E-state index contributed by atoms with van der Waals surface area (Å²) < 4.78 is 20.5. The second-order valence-electron chi connectivity index (χ2n) is 9.48. The Morgan fingerprint density at radius 3 is 2.86 bits per heavy atom. The number of piperidine rings is 1. The molecule has 3 unspecified atom stereocenters. The summed E-state index contributed by atoms with van der Waals surface area (Å²) in [5.74, 6) is -1.02. The number of fused-ring (bicyclic) bond motifs is 1. The molecule has 2 aromatic heterocycles. The molecule has 192 valence electrons. The Labute approximate surface area is 204 Å². The summed E-state index contributed by atoms with van der Waals surface area (Å²) in [5.41, 5.74) is 6.37. The van der Waals surface area contributed by atoms with Gasteiger partial charge in [0.1, 0.15) is 11.7 Å². The molecule has 4 rings (SSSR count). The van der Waals surface area contributed by atoms with Crippen LogP contribution in [-0.2, 0) is 9.53 Å². The first-order chi connectivity index (χ1) is 16.8. The number of morpholine rings is 1. The number of nitrogens with two attached hydrogens (primary N) is 1. The molecule has 4 heterocycles. The molecule has 2 saturated heterocycles. The molecule has 0 radical (unpaired) electrons. The van der Waals surface area contributed by atoms with Crippen LogP contribution >= 0.6 is 0 Å². The first kappa shape index (κ1) is 25.3. The van der Waals surface area contributed by atoms with Crippen LogP contribution in [0.3, 0.4) is 0 Å². The number of ether oxygens (including phenoxy) is 1. The van der Waals surface area contributed by atoms with Crippen molar-refractivity contribution in [3.63, 3.8) is 0 Å². The molecule has 2 aliphatic rings. The predicted molar refractivity (Wildman–Crippen MR) is 128 cm³/mol. The summed E-state index contributed by atoms with van der Waals surface area (Å²) in [6, 6.07) is -0.164. The third-order valence-electron chi connectivity index (χ3n) is 6.78. The number of hydrogen-bond acceptors (Lipinski definition) is 8. The Morgan fingerprint density at radius 1 is 1.31 bits per heavy atom. The number of halogens is 1. The van der Waals surface area contributed by atoms with Gasteiger partial charge in [0.2, 0.25) is 0 Å². The maximum absolute atomic E-state index is 13.6. The number of nitrogens with zero attached hydrogens (tertiary/aromatic N) is 6. The number of amides is 2. The maximum Gasteiger partial charge on any atom is 0.259 e. The Hall–Kier alpha value is -2.83. The van der Waals surface area contributed by atoms with Gasteiger partial charge in [0.15, 0.2) is 17.3 Å². The third-order valence-corrected chi connectivity index (χ3v) is 6.78. The molecule has 2 amide bonds. The van der Waals surface area contributed by atoms with Crippen LogP contribution < -0.4 is 11.1 Å². The molecule has 0 spiro atoms. The molecule has 11 nitrogen and oxygen atoms in total. The fourth-order valence-electron chi connectivity index (χ4n) is 4.97. The summed E-state index contributed by atoms with van der Waals surface area (Å²) in [4.78, 5) is 36.1. The number of carbonyl (C=O) groups excluding carboxylic acids is 2. The van der Waals surface area contributed by atoms with Gasteiger partial charge in [0.25, 0.3) is 11.8 Å². The summed E-state index contributed by atoms with van der Waals surface area (Å²) >= 11 is 0. The Morgan fingerprint density at radius 2 is 2.11 bits per heavy atom. The molecule has 0 aliphatic carbocycles. The quantitative estimate of drug-likeness (QED) is 0.565. The molecule has 35 heavy (non-hydrogen) atoms. The standard InChI is InChI=1S/C23H35FN8O3/c1-4-5-7-30-8-6-17(31-9-10-35-18(14-31)23(34)29(2)3)16(13-30)27-22(33)19-20(25)28-32-12-15(24)11-26-21(19)32/h11-12,16-18H,4-10,13-14H2,1-3H3,(H2,25,28)(H,27,33). The van der Waals surface area contributed by atoms with Crippen molar-refractivity contribution >= 4 is 23.3 Å². The van der Waals surface area contributed by atoms with Crippen LogP contribution in [0.5, 0.6) is 0 Å². The number of likely N-dealkylation sites (N-methyl/N-ethyl adjacent to an activating group) is 1. The van der Waals surface area contributed by atoms with Crippen LogP contribution in [0.4, 0.5) is 10.2 Å². The van der Waals surface area contributed by atoms with Gasteiger partial charge in [0.05, 0.1) is 25.0 Å². The number of rotatable bonds is 7. The van der Waals surface area contributed by atoms with E-state index in [9.17, 15) is 14.0 Å². The maximum atomic E-state index is 13.6. The Bertz CT molecular complexity index is 1060. The van der Waals surface area contributed by atoms with E-state index in [0.29, 0.717) is 26.2 Å². The van der Waals surface area contributed by atoms with Crippen LogP contribution in [0, 0.1) is 5.82 Å². The zero-order valence-electron chi connectivity index (χ0n) is 20.6. The smallest absolute Gasteiger partial charge is 0.259 e. The molecule has 0 aromatic carbocycles. The zero-order valence-corrected chi connectivity index (χ0v) is 20.6. The fraction of sp³-hybridized carbons (Fsp3) is 0.652. The van der Waals surface area contributed by atoms with Crippen molar-refractivity contribution < 1.29 is 18.7 Å². The summed E-state index contributed by atoms with van der Waals surface area (Å²) in [6.07, 6.45) is 4.68. The van der Waals surface area contributed by atoms with Gasteiger partial charge in [-0.3, -0.25) is 14.5 Å². The number of nitrogen functional groups attached to an aromatic ring is 1. The lowest BCUT2D eigenvalue weighted by atomic mass is 9.95. The van der Waals surface area contributed by atoms with Crippen LogP contribution in [0.25, 0.3) is 5.65 Å². The van der Waals surface area contributed by atoms with Crippen LogP contribution in [-0.4, -0.2) is 113 Å². The molecule has 0 bridgehead atoms. The van der Waals surface area contributed by atoms with Crippen molar-refractivity contribution in [3.05, 3.63) is 23.8 Å². The molecule has 3 N–H and O–H groups in total. The van der Waals surface area contributed by atoms with E-state index in [0.717, 1.165) is 44.7 Å². The Kier molecular flexibility index (Phi) is 7.82. The molecule has 12 heteroatoms. The average Bonchev–Trinajstić information content (AvgIpc) is 3.17. The molecular weight excluding hydrogens is 455 g/mol. The zero-order chi connectivity index (χ0) is 25.1. The molecule has 2 aromatic rings. The molecular formula is C23H35FN8O3. The number of likely N-dealkylation sites (tertiary alicyclic amines) is 1. The van der Waals surface area contributed by atoms with Crippen LogP contribution in [0.2, 0.25) is 0 Å². The molecule has 3 atom stereocenters. The van der Waals surface area contributed by atoms with Gasteiger partial charge in [-0.1, -0.05) is 13.3 Å². The van der Waals surface area contributed by atoms with Gasteiger partial charge in [0, 0.05) is 39.8 Å². The number of carbonyl (C=O) groups is 2. The minimum atomic E-state index is -0.569. The van der Waals surface area contributed by atoms with Crippen molar-refractivity contribution in [1.82, 2.24) is 34.6 Å². The second kappa shape index (κ2) is 10.8. The lowest BCUT2D eigenvalue weighted by Gasteiger charge is -2.46. The summed E-state index contributed by atoms with van der Waals surface area (Å²) in [7, 11) is 3.45. The Balaban J connectivity index is 1.55. The highest BCUT2D eigenvalue weighted by atomic mass is 19.1. The lowest BCUT2D eigenvalue weighted by Crippen LogP contribution is -2.63. The fourth-order valence-corrected chi connectivity index (χ4v) is 4.97. The minimum absolute atomic E-state index is 0.00110. The van der Waals surface area contributed by atoms with E-state index in [1.165, 1.54) is 4.52 Å². The largest absolute Gasteiger partial charge is 0.381 e. The average molecular weight is 491 g/mol. The first-order valence-corrected chi connectivity index (χ1v) is 12.2. The van der Waals surface area contributed by atoms with E-state index < -0.39 is 17.8 Å². The summed E-state index contributed by atoms with van der Waals surface area (Å²) in [6.45, 7) is 6.33. The van der Waals surface area contributed by atoms with E-state index in [-0.39, 0.29) is 35.0 Å². The second-order valence-corrected chi connectivity index (χ2v) is 9.48. The van der Waals surface area contributed by atoms with E-state index in [1.54, 1.807) is 19.0 Å². The van der Waals surface area contributed by atoms with Gasteiger partial charge in [-0.05, 0) is 25.9 Å². The number of hydrogen-bond donors (Lipinski definition) is 2. The van der Waals surface area contributed by atoms with Crippen LogP contribution in [0.15, 0.2) is 12.4 Å². The SMILES string of the molecule is CCCCN1CCC(N2CCOC(C(=O)N(C)C)C2)C(NC(=O)c2c(N)nn3cc(F)cnc23)C1. The van der Waals surface area contributed by atoms with Crippen molar-refractivity contribution in [2.45, 2.75) is 44.4 Å².